The average Bonchev–Trinajstić information content (AvgIpc) is 2.56. The van der Waals surface area contributed by atoms with Crippen molar-refractivity contribution in [3.63, 3.8) is 0 Å². The Kier molecular flexibility index (Phi) is 4.01. The molecule has 0 aliphatic rings. The molecule has 0 aliphatic heterocycles. The van der Waals surface area contributed by atoms with E-state index in [4.69, 9.17) is 25.5 Å². The first-order valence-corrected chi connectivity index (χ1v) is 7.37. The van der Waals surface area contributed by atoms with E-state index in [1.807, 2.05) is 6.92 Å². The molecule has 0 saturated carbocycles. The SMILES string of the molecule is COc1ccc(OC)c(-c2cc(=O)c3cc(Cl)c(C)cc3o2)c1. The first-order valence-electron chi connectivity index (χ1n) is 7.00. The number of methoxy groups -OCH3 is 2. The highest BCUT2D eigenvalue weighted by Crippen LogP contribution is 2.34. The van der Waals surface area contributed by atoms with E-state index in [1.165, 1.54) is 6.07 Å². The van der Waals surface area contributed by atoms with Crippen molar-refractivity contribution in [2.75, 3.05) is 14.2 Å². The van der Waals surface area contributed by atoms with Gasteiger partial charge in [0.15, 0.2) is 5.43 Å². The van der Waals surface area contributed by atoms with Gasteiger partial charge >= 0.3 is 0 Å². The van der Waals surface area contributed by atoms with E-state index in [2.05, 4.69) is 0 Å². The highest BCUT2D eigenvalue weighted by Gasteiger charge is 2.14. The van der Waals surface area contributed by atoms with Crippen LogP contribution in [0.25, 0.3) is 22.3 Å². The van der Waals surface area contributed by atoms with Gasteiger partial charge in [-0.2, -0.15) is 0 Å². The Hall–Kier alpha value is -2.46. The number of fused-ring (bicyclic) bond motifs is 1. The first kappa shape index (κ1) is 15.4. The van der Waals surface area contributed by atoms with Gasteiger partial charge in [-0.1, -0.05) is 11.6 Å². The Morgan fingerprint density at radius 1 is 1.04 bits per heavy atom. The van der Waals surface area contributed by atoms with Gasteiger partial charge in [-0.05, 0) is 42.8 Å². The highest BCUT2D eigenvalue weighted by molar-refractivity contribution is 6.32. The molecule has 0 fully saturated rings. The van der Waals surface area contributed by atoms with E-state index in [-0.39, 0.29) is 5.43 Å². The zero-order chi connectivity index (χ0) is 16.6. The van der Waals surface area contributed by atoms with Crippen molar-refractivity contribution in [3.05, 3.63) is 57.2 Å². The molecule has 0 amide bonds. The van der Waals surface area contributed by atoms with Crippen LogP contribution in [0.2, 0.25) is 5.02 Å². The lowest BCUT2D eigenvalue weighted by Crippen LogP contribution is -2.01. The van der Waals surface area contributed by atoms with Gasteiger partial charge in [0.1, 0.15) is 22.8 Å². The van der Waals surface area contributed by atoms with Crippen LogP contribution in [0.4, 0.5) is 0 Å². The summed E-state index contributed by atoms with van der Waals surface area (Å²) in [6.45, 7) is 1.86. The molecule has 0 bridgehead atoms. The van der Waals surface area contributed by atoms with Crippen molar-refractivity contribution in [1.82, 2.24) is 0 Å². The lowest BCUT2D eigenvalue weighted by Gasteiger charge is -2.10. The van der Waals surface area contributed by atoms with Gasteiger partial charge in [0, 0.05) is 11.1 Å². The van der Waals surface area contributed by atoms with E-state index >= 15 is 0 Å². The molecule has 3 aromatic rings. The molecule has 1 aromatic heterocycles. The summed E-state index contributed by atoms with van der Waals surface area (Å²) in [6, 6.07) is 10.1. The predicted octanol–water partition coefficient (Wildman–Crippen LogP) is 4.44. The third kappa shape index (κ3) is 2.78. The van der Waals surface area contributed by atoms with Crippen LogP contribution < -0.4 is 14.9 Å². The molecule has 0 N–H and O–H groups in total. The minimum atomic E-state index is -0.159. The molecule has 118 valence electrons. The summed E-state index contributed by atoms with van der Waals surface area (Å²) in [6.07, 6.45) is 0. The second-order valence-corrected chi connectivity index (χ2v) is 5.55. The molecule has 23 heavy (non-hydrogen) atoms. The molecular weight excluding hydrogens is 316 g/mol. The molecule has 3 rings (SSSR count). The topological polar surface area (TPSA) is 48.7 Å². The molecular formula is C18H15ClO4. The van der Waals surface area contributed by atoms with Crippen molar-refractivity contribution in [1.29, 1.82) is 0 Å². The highest BCUT2D eigenvalue weighted by atomic mass is 35.5. The summed E-state index contributed by atoms with van der Waals surface area (Å²) in [5.74, 6) is 1.66. The van der Waals surface area contributed by atoms with E-state index in [9.17, 15) is 4.79 Å². The summed E-state index contributed by atoms with van der Waals surface area (Å²) in [7, 11) is 3.14. The normalized spacial score (nSPS) is 10.8. The molecule has 0 saturated heterocycles. The van der Waals surface area contributed by atoms with Crippen LogP contribution in [0.15, 0.2) is 45.6 Å². The van der Waals surface area contributed by atoms with E-state index in [0.717, 1.165) is 5.56 Å². The van der Waals surface area contributed by atoms with Gasteiger partial charge in [-0.15, -0.1) is 0 Å². The van der Waals surface area contributed by atoms with Gasteiger partial charge in [-0.3, -0.25) is 4.79 Å². The van der Waals surface area contributed by atoms with Crippen molar-refractivity contribution < 1.29 is 13.9 Å². The van der Waals surface area contributed by atoms with Crippen LogP contribution in [0.3, 0.4) is 0 Å². The van der Waals surface area contributed by atoms with Gasteiger partial charge in [0.2, 0.25) is 0 Å². The lowest BCUT2D eigenvalue weighted by molar-refractivity contribution is 0.403. The van der Waals surface area contributed by atoms with Crippen molar-refractivity contribution in [2.45, 2.75) is 6.92 Å². The number of rotatable bonds is 3. The first-order chi connectivity index (χ1) is 11.0. The Balaban J connectivity index is 2.29. The number of benzene rings is 2. The maximum Gasteiger partial charge on any atom is 0.193 e. The smallest absolute Gasteiger partial charge is 0.193 e. The number of hydrogen-bond donors (Lipinski definition) is 0. The Morgan fingerprint density at radius 2 is 1.83 bits per heavy atom. The van der Waals surface area contributed by atoms with Crippen molar-refractivity contribution in [2.24, 2.45) is 0 Å². The van der Waals surface area contributed by atoms with Crippen LogP contribution in [-0.4, -0.2) is 14.2 Å². The quantitative estimate of drug-likeness (QED) is 0.712. The minimum absolute atomic E-state index is 0.159. The molecule has 0 radical (unpaired) electrons. The fraction of sp³-hybridized carbons (Fsp3) is 0.167. The second-order valence-electron chi connectivity index (χ2n) is 5.14. The lowest BCUT2D eigenvalue weighted by atomic mass is 10.1. The molecule has 5 heteroatoms. The molecule has 0 unspecified atom stereocenters. The monoisotopic (exact) mass is 330 g/mol. The van der Waals surface area contributed by atoms with Crippen LogP contribution in [-0.2, 0) is 0 Å². The maximum atomic E-state index is 12.4. The molecule has 4 nitrogen and oxygen atoms in total. The Bertz CT molecular complexity index is 944. The minimum Gasteiger partial charge on any atom is -0.497 e. The summed E-state index contributed by atoms with van der Waals surface area (Å²) in [4.78, 5) is 12.4. The fourth-order valence-electron chi connectivity index (χ4n) is 2.42. The van der Waals surface area contributed by atoms with Gasteiger partial charge in [-0.25, -0.2) is 0 Å². The summed E-state index contributed by atoms with van der Waals surface area (Å²) >= 11 is 6.09. The summed E-state index contributed by atoms with van der Waals surface area (Å²) in [5, 5.41) is 0.989. The van der Waals surface area contributed by atoms with E-state index in [1.54, 1.807) is 44.6 Å². The van der Waals surface area contributed by atoms with Gasteiger partial charge in [0.05, 0.1) is 25.2 Å². The standard InChI is InChI=1S/C18H15ClO4/c1-10-6-17-12(8-14(10)19)15(20)9-18(23-17)13-7-11(21-2)4-5-16(13)22-3/h4-9H,1-3H3. The molecule has 0 spiro atoms. The molecule has 2 aromatic carbocycles. The summed E-state index contributed by atoms with van der Waals surface area (Å²) < 4.78 is 16.5. The van der Waals surface area contributed by atoms with Crippen LogP contribution in [0, 0.1) is 6.92 Å². The molecule has 0 atom stereocenters. The predicted molar refractivity (Wildman–Crippen MR) is 90.8 cm³/mol. The van der Waals surface area contributed by atoms with Crippen molar-refractivity contribution in [3.8, 4) is 22.8 Å². The van der Waals surface area contributed by atoms with Gasteiger partial charge < -0.3 is 13.9 Å². The van der Waals surface area contributed by atoms with Crippen molar-refractivity contribution >= 4 is 22.6 Å². The molecule has 1 heterocycles. The zero-order valence-electron chi connectivity index (χ0n) is 13.0. The van der Waals surface area contributed by atoms with Crippen LogP contribution in [0.1, 0.15) is 5.56 Å². The average molecular weight is 331 g/mol. The van der Waals surface area contributed by atoms with Crippen LogP contribution in [0.5, 0.6) is 11.5 Å². The largest absolute Gasteiger partial charge is 0.497 e. The van der Waals surface area contributed by atoms with E-state index < -0.39 is 0 Å². The number of aryl methyl sites for hydroxylation is 1. The van der Waals surface area contributed by atoms with Crippen LogP contribution >= 0.6 is 11.6 Å². The second kappa shape index (κ2) is 5.97. The number of halogens is 1. The maximum absolute atomic E-state index is 12.4. The van der Waals surface area contributed by atoms with E-state index in [0.29, 0.717) is 38.8 Å². The Labute approximate surface area is 138 Å². The number of hydrogen-bond acceptors (Lipinski definition) is 4. The third-order valence-electron chi connectivity index (χ3n) is 3.68. The number of ether oxygens (including phenoxy) is 2. The molecule has 0 aliphatic carbocycles. The Morgan fingerprint density at radius 3 is 2.52 bits per heavy atom. The third-order valence-corrected chi connectivity index (χ3v) is 4.09. The zero-order valence-corrected chi connectivity index (χ0v) is 13.7. The summed E-state index contributed by atoms with van der Waals surface area (Å²) in [5.41, 5.74) is 1.82. The fourth-order valence-corrected chi connectivity index (χ4v) is 2.58. The van der Waals surface area contributed by atoms with Gasteiger partial charge in [0.25, 0.3) is 0 Å².